The molecule has 8 nitrogen and oxygen atoms in total. The molecule has 4 atom stereocenters. The Bertz CT molecular complexity index is 1190. The lowest BCUT2D eigenvalue weighted by molar-refractivity contribution is -0.146. The number of methoxy groups -OCH3 is 1. The average Bonchev–Trinajstić information content (AvgIpc) is 3.40. The number of esters is 1. The maximum atomic E-state index is 14.1. The summed E-state index contributed by atoms with van der Waals surface area (Å²) in [5.41, 5.74) is 6.94. The Labute approximate surface area is 219 Å². The first-order chi connectivity index (χ1) is 18.0. The Balaban J connectivity index is 1.32. The molecule has 37 heavy (non-hydrogen) atoms. The first-order valence-electron chi connectivity index (χ1n) is 14.4. The van der Waals surface area contributed by atoms with Gasteiger partial charge in [-0.2, -0.15) is 0 Å². The lowest BCUT2D eigenvalue weighted by Gasteiger charge is -2.45. The molecular weight excluding hydrogens is 466 g/mol. The molecule has 1 saturated carbocycles. The van der Waals surface area contributed by atoms with Gasteiger partial charge < -0.3 is 19.9 Å². The quantitative estimate of drug-likeness (QED) is 0.630. The number of para-hydroxylation sites is 2. The minimum absolute atomic E-state index is 0.0587. The van der Waals surface area contributed by atoms with Crippen LogP contribution in [0.25, 0.3) is 11.0 Å². The van der Waals surface area contributed by atoms with Crippen LogP contribution >= 0.6 is 0 Å². The third-order valence-electron chi connectivity index (χ3n) is 9.60. The van der Waals surface area contributed by atoms with Gasteiger partial charge >= 0.3 is 5.97 Å². The molecule has 4 fully saturated rings. The molecule has 0 radical (unpaired) electrons. The molecule has 2 N–H and O–H groups in total. The number of aromatic nitrogens is 2. The summed E-state index contributed by atoms with van der Waals surface area (Å²) in [7, 11) is 1.36. The standard InChI is InChI=1S/C29H41N5O3/c1-37-28(36)29(30)15-16-32(19-29)26-27(35)34(25-12-8-7-11-24(25)31-26)23-17-21-13-14-22(18-23)33(21)20-9-5-3-2-4-6-10-20/h7-8,11-12,20-23H,2-6,9-10,13-19,30H2,1H3/t21-,22?,23?,29?/m0/s1. The number of ether oxygens (including phenoxy) is 1. The van der Waals surface area contributed by atoms with Gasteiger partial charge in [-0.1, -0.05) is 44.2 Å². The number of rotatable bonds is 4. The van der Waals surface area contributed by atoms with E-state index in [9.17, 15) is 9.59 Å². The molecule has 3 unspecified atom stereocenters. The molecule has 0 spiro atoms. The number of piperidine rings is 1. The molecule has 200 valence electrons. The lowest BCUT2D eigenvalue weighted by Crippen LogP contribution is -2.52. The Morgan fingerprint density at radius 1 is 0.973 bits per heavy atom. The van der Waals surface area contributed by atoms with Gasteiger partial charge in [0.2, 0.25) is 0 Å². The van der Waals surface area contributed by atoms with Crippen LogP contribution in [-0.2, 0) is 9.53 Å². The predicted molar refractivity (Wildman–Crippen MR) is 145 cm³/mol. The monoisotopic (exact) mass is 507 g/mol. The highest BCUT2D eigenvalue weighted by Gasteiger charge is 2.46. The van der Waals surface area contributed by atoms with Crippen molar-refractivity contribution in [3.05, 3.63) is 34.6 Å². The van der Waals surface area contributed by atoms with Crippen molar-refractivity contribution >= 4 is 22.8 Å². The SMILES string of the molecule is COC(=O)C1(N)CCN(c2nc3ccccc3n(C3CC4CC[C@@H](C3)N4C3CCCCCCC3)c2=O)C1. The molecule has 2 bridgehead atoms. The van der Waals surface area contributed by atoms with E-state index in [0.29, 0.717) is 36.9 Å². The van der Waals surface area contributed by atoms with E-state index < -0.39 is 11.5 Å². The third-order valence-corrected chi connectivity index (χ3v) is 9.60. The van der Waals surface area contributed by atoms with Crippen LogP contribution < -0.4 is 16.2 Å². The molecular formula is C29H41N5O3. The summed E-state index contributed by atoms with van der Waals surface area (Å²) in [4.78, 5) is 36.0. The first-order valence-corrected chi connectivity index (χ1v) is 14.4. The van der Waals surface area contributed by atoms with Gasteiger partial charge in [0.05, 0.1) is 18.1 Å². The summed E-state index contributed by atoms with van der Waals surface area (Å²) in [6.45, 7) is 0.753. The second-order valence-corrected chi connectivity index (χ2v) is 11.9. The maximum Gasteiger partial charge on any atom is 0.327 e. The van der Waals surface area contributed by atoms with Gasteiger partial charge in [-0.15, -0.1) is 0 Å². The van der Waals surface area contributed by atoms with Crippen molar-refractivity contribution in [2.24, 2.45) is 5.73 Å². The first kappa shape index (κ1) is 24.9. The van der Waals surface area contributed by atoms with Crippen LogP contribution in [0.1, 0.15) is 83.1 Å². The summed E-state index contributed by atoms with van der Waals surface area (Å²) in [6, 6.07) is 9.96. The summed E-state index contributed by atoms with van der Waals surface area (Å²) in [5, 5.41) is 0. The normalized spacial score (nSPS) is 31.4. The molecule has 6 rings (SSSR count). The van der Waals surface area contributed by atoms with Crippen molar-refractivity contribution in [3.63, 3.8) is 0 Å². The maximum absolute atomic E-state index is 14.1. The molecule has 4 aliphatic rings. The van der Waals surface area contributed by atoms with Gasteiger partial charge in [-0.3, -0.25) is 9.69 Å². The number of nitrogens with zero attached hydrogens (tertiary/aromatic N) is 4. The molecule has 1 aliphatic carbocycles. The van der Waals surface area contributed by atoms with Gasteiger partial charge in [-0.25, -0.2) is 9.78 Å². The van der Waals surface area contributed by atoms with Crippen LogP contribution in [0.4, 0.5) is 5.82 Å². The Kier molecular flexibility index (Phi) is 6.74. The Hall–Kier alpha value is -2.45. The van der Waals surface area contributed by atoms with E-state index in [1.165, 1.54) is 64.9 Å². The van der Waals surface area contributed by atoms with Gasteiger partial charge in [0.25, 0.3) is 5.56 Å². The zero-order chi connectivity index (χ0) is 25.6. The summed E-state index contributed by atoms with van der Waals surface area (Å²) < 4.78 is 6.98. The van der Waals surface area contributed by atoms with Crippen molar-refractivity contribution in [1.82, 2.24) is 14.5 Å². The molecule has 1 aromatic carbocycles. The number of carbonyl (C=O) groups is 1. The van der Waals surface area contributed by atoms with Crippen LogP contribution in [-0.4, -0.2) is 64.3 Å². The molecule has 0 amide bonds. The van der Waals surface area contributed by atoms with Crippen LogP contribution in [0, 0.1) is 0 Å². The fourth-order valence-corrected chi connectivity index (χ4v) is 7.82. The summed E-state index contributed by atoms with van der Waals surface area (Å²) >= 11 is 0. The van der Waals surface area contributed by atoms with Gasteiger partial charge in [0.1, 0.15) is 5.54 Å². The van der Waals surface area contributed by atoms with E-state index in [0.717, 1.165) is 23.9 Å². The number of fused-ring (bicyclic) bond motifs is 3. The summed E-state index contributed by atoms with van der Waals surface area (Å²) in [5.74, 6) is -0.0287. The van der Waals surface area contributed by atoms with E-state index in [1.54, 1.807) is 0 Å². The number of hydrogen-bond acceptors (Lipinski definition) is 7. The number of nitrogens with two attached hydrogens (primary N) is 1. The van der Waals surface area contributed by atoms with Gasteiger partial charge in [0, 0.05) is 37.3 Å². The minimum Gasteiger partial charge on any atom is -0.468 e. The second kappa shape index (κ2) is 10.0. The summed E-state index contributed by atoms with van der Waals surface area (Å²) in [6.07, 6.45) is 14.5. The number of anilines is 1. The molecule has 8 heteroatoms. The topological polar surface area (TPSA) is 93.7 Å². The Morgan fingerprint density at radius 3 is 2.35 bits per heavy atom. The lowest BCUT2D eigenvalue weighted by atomic mass is 9.89. The zero-order valence-corrected chi connectivity index (χ0v) is 22.1. The van der Waals surface area contributed by atoms with Crippen LogP contribution in [0.2, 0.25) is 0 Å². The van der Waals surface area contributed by atoms with Gasteiger partial charge in [0.15, 0.2) is 5.82 Å². The number of benzene rings is 1. The van der Waals surface area contributed by atoms with Crippen molar-refractivity contribution in [2.75, 3.05) is 25.1 Å². The van der Waals surface area contributed by atoms with E-state index in [1.807, 2.05) is 33.7 Å². The molecule has 3 saturated heterocycles. The third kappa shape index (κ3) is 4.46. The van der Waals surface area contributed by atoms with Crippen molar-refractivity contribution < 1.29 is 9.53 Å². The van der Waals surface area contributed by atoms with Crippen LogP contribution in [0.5, 0.6) is 0 Å². The number of hydrogen-bond donors (Lipinski definition) is 1. The van der Waals surface area contributed by atoms with E-state index in [-0.39, 0.29) is 18.1 Å². The molecule has 3 aliphatic heterocycles. The van der Waals surface area contributed by atoms with E-state index in [4.69, 9.17) is 15.5 Å². The van der Waals surface area contributed by atoms with Gasteiger partial charge in [-0.05, 0) is 57.1 Å². The van der Waals surface area contributed by atoms with Crippen molar-refractivity contribution in [2.45, 2.75) is 107 Å². The zero-order valence-electron chi connectivity index (χ0n) is 22.1. The highest BCUT2D eigenvalue weighted by Crippen LogP contribution is 2.44. The average molecular weight is 508 g/mol. The largest absolute Gasteiger partial charge is 0.468 e. The second-order valence-electron chi connectivity index (χ2n) is 11.9. The Morgan fingerprint density at radius 2 is 1.65 bits per heavy atom. The fourth-order valence-electron chi connectivity index (χ4n) is 7.82. The molecule has 4 heterocycles. The highest BCUT2D eigenvalue weighted by atomic mass is 16.5. The molecule has 1 aromatic heterocycles. The fraction of sp³-hybridized carbons (Fsp3) is 0.690. The van der Waals surface area contributed by atoms with Crippen LogP contribution in [0.15, 0.2) is 29.1 Å². The van der Waals surface area contributed by atoms with E-state index in [2.05, 4.69) is 4.90 Å². The van der Waals surface area contributed by atoms with Crippen LogP contribution in [0.3, 0.4) is 0 Å². The van der Waals surface area contributed by atoms with Crippen molar-refractivity contribution in [1.29, 1.82) is 0 Å². The van der Waals surface area contributed by atoms with Crippen molar-refractivity contribution in [3.8, 4) is 0 Å². The smallest absolute Gasteiger partial charge is 0.327 e. The number of carbonyl (C=O) groups excluding carboxylic acids is 1. The highest BCUT2D eigenvalue weighted by molar-refractivity contribution is 5.83. The predicted octanol–water partition coefficient (Wildman–Crippen LogP) is 3.76. The minimum atomic E-state index is -1.11. The molecule has 2 aromatic rings. The van der Waals surface area contributed by atoms with E-state index >= 15 is 0 Å².